The number of rotatable bonds is 0. The maximum atomic E-state index is 11.2. The van der Waals surface area contributed by atoms with Crippen LogP contribution in [0.1, 0.15) is 78.6 Å². The van der Waals surface area contributed by atoms with Crippen molar-refractivity contribution in [3.8, 4) is 0 Å². The molecule has 0 radical (unpaired) electrons. The van der Waals surface area contributed by atoms with Crippen LogP contribution < -0.4 is 0 Å². The molecule has 170 valence electrons. The first-order valence-corrected chi connectivity index (χ1v) is 13.5. The molecule has 0 amide bonds. The highest BCUT2D eigenvalue weighted by Crippen LogP contribution is 2.67. The van der Waals surface area contributed by atoms with Crippen molar-refractivity contribution in [3.63, 3.8) is 0 Å². The van der Waals surface area contributed by atoms with E-state index in [1.54, 1.807) is 0 Å². The number of aliphatic hydroxyl groups excluding tert-OH is 2. The molecule has 3 nitrogen and oxygen atoms in total. The summed E-state index contributed by atoms with van der Waals surface area (Å²) in [4.78, 5) is 2.92. The van der Waals surface area contributed by atoms with Gasteiger partial charge in [0.1, 0.15) is 0 Å². The number of piperidine rings is 2. The summed E-state index contributed by atoms with van der Waals surface area (Å²) in [6.07, 6.45) is 10.7. The summed E-state index contributed by atoms with van der Waals surface area (Å²) in [5.74, 6) is 7.22. The third-order valence-corrected chi connectivity index (χ3v) is 12.0. The standard InChI is InChI=1S/C27H45NO2/c1-15-4-7-25-16(2)18-5-6-19-20(22(18)14-28(25)13-15)11-23-21(19)12-26(30)24-10-17(29)8-9-27(23,24)3/h15-26,29-30H,4-14H2,1-3H3/t15-,16-,17+,18+,19-,20+,21-,22-,23-,24-,25-,26+,27-/m1/s1. The fourth-order valence-corrected chi connectivity index (χ4v) is 10.6. The zero-order valence-electron chi connectivity index (χ0n) is 19.5. The van der Waals surface area contributed by atoms with Crippen LogP contribution in [0.5, 0.6) is 0 Å². The van der Waals surface area contributed by atoms with E-state index >= 15 is 0 Å². The molecule has 6 rings (SSSR count). The first-order valence-electron chi connectivity index (χ1n) is 13.5. The maximum absolute atomic E-state index is 11.2. The van der Waals surface area contributed by atoms with Gasteiger partial charge in [-0.1, -0.05) is 20.8 Å². The van der Waals surface area contributed by atoms with Gasteiger partial charge in [-0.3, -0.25) is 4.90 Å². The van der Waals surface area contributed by atoms with Crippen LogP contribution in [0.3, 0.4) is 0 Å². The molecule has 3 heteroatoms. The topological polar surface area (TPSA) is 43.7 Å². The third kappa shape index (κ3) is 2.86. The number of nitrogens with zero attached hydrogens (tertiary/aromatic N) is 1. The molecular formula is C27H45NO2. The van der Waals surface area contributed by atoms with Gasteiger partial charge >= 0.3 is 0 Å². The van der Waals surface area contributed by atoms with E-state index in [9.17, 15) is 10.2 Å². The molecule has 6 fully saturated rings. The monoisotopic (exact) mass is 415 g/mol. The van der Waals surface area contributed by atoms with E-state index < -0.39 is 0 Å². The Bertz CT molecular complexity index is 665. The van der Waals surface area contributed by atoms with Crippen molar-refractivity contribution in [1.82, 2.24) is 4.90 Å². The Kier molecular flexibility index (Phi) is 4.91. The van der Waals surface area contributed by atoms with Crippen molar-refractivity contribution in [3.05, 3.63) is 0 Å². The molecule has 0 bridgehead atoms. The highest BCUT2D eigenvalue weighted by atomic mass is 16.3. The van der Waals surface area contributed by atoms with Crippen LogP contribution >= 0.6 is 0 Å². The lowest BCUT2D eigenvalue weighted by atomic mass is 9.51. The van der Waals surface area contributed by atoms with Crippen LogP contribution in [0.2, 0.25) is 0 Å². The lowest BCUT2D eigenvalue weighted by molar-refractivity contribution is -0.130. The fourth-order valence-electron chi connectivity index (χ4n) is 10.6. The van der Waals surface area contributed by atoms with Crippen molar-refractivity contribution < 1.29 is 10.2 Å². The van der Waals surface area contributed by atoms with Crippen molar-refractivity contribution in [1.29, 1.82) is 0 Å². The molecule has 30 heavy (non-hydrogen) atoms. The first kappa shape index (κ1) is 20.5. The highest BCUT2D eigenvalue weighted by Gasteiger charge is 2.62. The SMILES string of the molecule is C[C@@H]1CC[C@@H]2[C@H](C)[C@@H]3CC[C@@H]4[C@H](C[C@@H]5[C@@H]4C[C@H](O)[C@H]4C[C@@H](O)CC[C@]54C)[C@@H]3CN2C1. The molecule has 0 unspecified atom stereocenters. The minimum Gasteiger partial charge on any atom is -0.393 e. The molecule has 4 saturated carbocycles. The maximum Gasteiger partial charge on any atom is 0.0577 e. The summed E-state index contributed by atoms with van der Waals surface area (Å²) >= 11 is 0. The summed E-state index contributed by atoms with van der Waals surface area (Å²) < 4.78 is 0. The van der Waals surface area contributed by atoms with E-state index in [1.807, 2.05) is 0 Å². The number of hydrogen-bond acceptors (Lipinski definition) is 3. The molecule has 0 spiro atoms. The molecule has 0 aromatic rings. The Hall–Kier alpha value is -0.120. The van der Waals surface area contributed by atoms with Crippen LogP contribution in [0.4, 0.5) is 0 Å². The lowest BCUT2D eigenvalue weighted by Crippen LogP contribution is -2.58. The third-order valence-electron chi connectivity index (χ3n) is 12.0. The van der Waals surface area contributed by atoms with E-state index in [4.69, 9.17) is 0 Å². The summed E-state index contributed by atoms with van der Waals surface area (Å²) in [5.41, 5.74) is 0.261. The van der Waals surface area contributed by atoms with Gasteiger partial charge in [0, 0.05) is 19.1 Å². The molecule has 0 aromatic heterocycles. The van der Waals surface area contributed by atoms with Gasteiger partial charge in [-0.15, -0.1) is 0 Å². The second-order valence-corrected chi connectivity index (χ2v) is 13.1. The van der Waals surface area contributed by atoms with E-state index in [1.165, 1.54) is 45.2 Å². The highest BCUT2D eigenvalue weighted by molar-refractivity contribution is 5.12. The van der Waals surface area contributed by atoms with E-state index in [2.05, 4.69) is 25.7 Å². The Morgan fingerprint density at radius 1 is 0.733 bits per heavy atom. The van der Waals surface area contributed by atoms with Gasteiger partial charge in [0.25, 0.3) is 0 Å². The average Bonchev–Trinajstić information content (AvgIpc) is 3.09. The minimum absolute atomic E-state index is 0.180. The molecule has 2 saturated heterocycles. The first-order chi connectivity index (χ1) is 14.4. The second kappa shape index (κ2) is 7.19. The molecule has 0 aromatic carbocycles. The second-order valence-electron chi connectivity index (χ2n) is 13.1. The molecule has 4 aliphatic carbocycles. The Labute approximate surface area is 184 Å². The van der Waals surface area contributed by atoms with Crippen LogP contribution in [-0.4, -0.2) is 46.5 Å². The number of fused-ring (bicyclic) bond motifs is 8. The summed E-state index contributed by atoms with van der Waals surface area (Å²) in [5, 5.41) is 21.5. The summed E-state index contributed by atoms with van der Waals surface area (Å²) in [6.45, 7) is 10.3. The van der Waals surface area contributed by atoms with E-state index in [0.29, 0.717) is 5.92 Å². The molecule has 6 aliphatic rings. The molecular weight excluding hydrogens is 370 g/mol. The predicted molar refractivity (Wildman–Crippen MR) is 120 cm³/mol. The van der Waals surface area contributed by atoms with Crippen LogP contribution in [0.25, 0.3) is 0 Å². The molecule has 13 atom stereocenters. The van der Waals surface area contributed by atoms with Gasteiger partial charge in [0.2, 0.25) is 0 Å². The van der Waals surface area contributed by atoms with Gasteiger partial charge in [-0.2, -0.15) is 0 Å². The van der Waals surface area contributed by atoms with Gasteiger partial charge in [-0.05, 0) is 116 Å². The van der Waals surface area contributed by atoms with Crippen molar-refractivity contribution >= 4 is 0 Å². The van der Waals surface area contributed by atoms with Gasteiger partial charge in [0.15, 0.2) is 0 Å². The molecule has 2 N–H and O–H groups in total. The Balaban J connectivity index is 1.28. The number of aliphatic hydroxyl groups is 2. The fraction of sp³-hybridized carbons (Fsp3) is 1.00. The van der Waals surface area contributed by atoms with E-state index in [0.717, 1.165) is 79.1 Å². The van der Waals surface area contributed by atoms with Gasteiger partial charge < -0.3 is 10.2 Å². The van der Waals surface area contributed by atoms with Gasteiger partial charge in [0.05, 0.1) is 12.2 Å². The molecule has 2 aliphatic heterocycles. The van der Waals surface area contributed by atoms with Crippen LogP contribution in [-0.2, 0) is 0 Å². The lowest BCUT2D eigenvalue weighted by Gasteiger charge is -2.56. The summed E-state index contributed by atoms with van der Waals surface area (Å²) in [7, 11) is 0. The Morgan fingerprint density at radius 3 is 2.37 bits per heavy atom. The van der Waals surface area contributed by atoms with Crippen molar-refractivity contribution in [2.75, 3.05) is 13.1 Å². The predicted octanol–water partition coefficient (Wildman–Crippen LogP) is 4.56. The van der Waals surface area contributed by atoms with Crippen molar-refractivity contribution in [2.24, 2.45) is 58.7 Å². The normalized spacial score (nSPS) is 60.7. The zero-order chi connectivity index (χ0) is 20.8. The minimum atomic E-state index is -0.181. The average molecular weight is 416 g/mol. The van der Waals surface area contributed by atoms with Crippen LogP contribution in [0, 0.1) is 58.7 Å². The van der Waals surface area contributed by atoms with E-state index in [-0.39, 0.29) is 17.6 Å². The quantitative estimate of drug-likeness (QED) is 0.609. The largest absolute Gasteiger partial charge is 0.393 e. The summed E-state index contributed by atoms with van der Waals surface area (Å²) in [6, 6.07) is 0.853. The van der Waals surface area contributed by atoms with Gasteiger partial charge in [-0.25, -0.2) is 0 Å². The van der Waals surface area contributed by atoms with Crippen LogP contribution in [0.15, 0.2) is 0 Å². The number of hydrogen-bond donors (Lipinski definition) is 2. The Morgan fingerprint density at radius 2 is 1.53 bits per heavy atom. The smallest absolute Gasteiger partial charge is 0.0577 e. The van der Waals surface area contributed by atoms with Crippen molar-refractivity contribution in [2.45, 2.75) is 96.8 Å². The zero-order valence-corrected chi connectivity index (χ0v) is 19.5. The molecule has 2 heterocycles.